The molecule has 1 aromatic carbocycles. The van der Waals surface area contributed by atoms with E-state index in [0.29, 0.717) is 31.0 Å². The number of carbonyl (C=O) groups excluding carboxylic acids is 2. The Morgan fingerprint density at radius 2 is 2.00 bits per heavy atom. The average Bonchev–Trinajstić information content (AvgIpc) is 3.23. The molecule has 1 atom stereocenters. The predicted octanol–water partition coefficient (Wildman–Crippen LogP) is 3.11. The number of halogens is 1. The van der Waals surface area contributed by atoms with Gasteiger partial charge in [-0.25, -0.2) is 4.39 Å². The molecule has 0 radical (unpaired) electrons. The Hall–Kier alpha value is -3.13. The van der Waals surface area contributed by atoms with Crippen molar-refractivity contribution in [3.05, 3.63) is 58.8 Å². The Kier molecular flexibility index (Phi) is 6.26. The molecule has 0 bridgehead atoms. The molecule has 1 saturated heterocycles. The third-order valence-corrected chi connectivity index (χ3v) is 4.99. The van der Waals surface area contributed by atoms with Gasteiger partial charge in [0.05, 0.1) is 18.2 Å². The number of ketones is 1. The van der Waals surface area contributed by atoms with Gasteiger partial charge in [0.2, 0.25) is 0 Å². The zero-order chi connectivity index (χ0) is 22.0. The van der Waals surface area contributed by atoms with Crippen LogP contribution in [-0.4, -0.2) is 60.9 Å². The maximum Gasteiger partial charge on any atom is 0.295 e. The number of hydrogen-bond donors (Lipinski definition) is 1. The molecule has 2 aromatic rings. The lowest BCUT2D eigenvalue weighted by atomic mass is 9.98. The number of likely N-dealkylation sites (tertiary alicyclic amines) is 1. The second-order valence-corrected chi connectivity index (χ2v) is 7.44. The van der Waals surface area contributed by atoms with E-state index < -0.39 is 29.3 Å². The number of hydrogen-bond acceptors (Lipinski definition) is 6. The van der Waals surface area contributed by atoms with E-state index in [2.05, 4.69) is 0 Å². The minimum Gasteiger partial charge on any atom is -0.507 e. The molecule has 1 aliphatic rings. The summed E-state index contributed by atoms with van der Waals surface area (Å²) in [6, 6.07) is 6.08. The van der Waals surface area contributed by atoms with Gasteiger partial charge in [0.1, 0.15) is 34.9 Å². The van der Waals surface area contributed by atoms with E-state index in [9.17, 15) is 19.1 Å². The standard InChI is InChI=1S/C22H25FN2O5/c1-13-6-8-17(30-13)19-18(20(26)15-12-14(23)7-9-16(15)29-4)21(27)22(28)25(19)11-5-10-24(2)3/h6-9,12,19,26H,5,10-11H2,1-4H3/b20-18+. The highest BCUT2D eigenvalue weighted by atomic mass is 19.1. The van der Waals surface area contributed by atoms with Gasteiger partial charge in [-0.3, -0.25) is 9.59 Å². The minimum absolute atomic E-state index is 0.00271. The van der Waals surface area contributed by atoms with E-state index in [1.807, 2.05) is 19.0 Å². The number of aliphatic hydroxyl groups is 1. The Morgan fingerprint density at radius 1 is 1.27 bits per heavy atom. The highest BCUT2D eigenvalue weighted by molar-refractivity contribution is 6.46. The summed E-state index contributed by atoms with van der Waals surface area (Å²) in [6.07, 6.45) is 0.625. The van der Waals surface area contributed by atoms with E-state index in [-0.39, 0.29) is 16.9 Å². The molecule has 0 aliphatic carbocycles. The van der Waals surface area contributed by atoms with Crippen LogP contribution in [0.15, 0.2) is 40.3 Å². The van der Waals surface area contributed by atoms with Crippen LogP contribution in [0.5, 0.6) is 5.75 Å². The molecule has 0 saturated carbocycles. The van der Waals surface area contributed by atoms with Crippen LogP contribution in [0, 0.1) is 12.7 Å². The highest BCUT2D eigenvalue weighted by Gasteiger charge is 2.47. The number of carbonyl (C=O) groups is 2. The first-order valence-corrected chi connectivity index (χ1v) is 9.58. The zero-order valence-electron chi connectivity index (χ0n) is 17.4. The lowest BCUT2D eigenvalue weighted by Gasteiger charge is -2.24. The van der Waals surface area contributed by atoms with Crippen molar-refractivity contribution in [2.75, 3.05) is 34.3 Å². The van der Waals surface area contributed by atoms with Gasteiger partial charge in [0.15, 0.2) is 0 Å². The molecule has 3 rings (SSSR count). The number of furan rings is 1. The number of ether oxygens (including phenoxy) is 1. The maximum absolute atomic E-state index is 13.9. The molecule has 160 valence electrons. The monoisotopic (exact) mass is 416 g/mol. The molecular weight excluding hydrogens is 391 g/mol. The number of aryl methyl sites for hydroxylation is 1. The van der Waals surface area contributed by atoms with Crippen molar-refractivity contribution in [1.29, 1.82) is 0 Å². The molecule has 1 aromatic heterocycles. The smallest absolute Gasteiger partial charge is 0.295 e. The number of nitrogens with zero attached hydrogens (tertiary/aromatic N) is 2. The first kappa shape index (κ1) is 21.6. The van der Waals surface area contributed by atoms with E-state index in [4.69, 9.17) is 9.15 Å². The van der Waals surface area contributed by atoms with E-state index >= 15 is 0 Å². The van der Waals surface area contributed by atoms with Crippen molar-refractivity contribution in [3.8, 4) is 5.75 Å². The maximum atomic E-state index is 13.9. The van der Waals surface area contributed by atoms with Crippen LogP contribution in [0.3, 0.4) is 0 Å². The van der Waals surface area contributed by atoms with Crippen LogP contribution in [-0.2, 0) is 9.59 Å². The van der Waals surface area contributed by atoms with Crippen LogP contribution in [0.4, 0.5) is 4.39 Å². The molecule has 7 nitrogen and oxygen atoms in total. The van der Waals surface area contributed by atoms with E-state index in [1.54, 1.807) is 19.1 Å². The number of Topliss-reactive ketones (excluding diaryl/α,β-unsaturated/α-hetero) is 1. The van der Waals surface area contributed by atoms with Crippen LogP contribution in [0.25, 0.3) is 5.76 Å². The fourth-order valence-corrected chi connectivity index (χ4v) is 3.57. The predicted molar refractivity (Wildman–Crippen MR) is 109 cm³/mol. The summed E-state index contributed by atoms with van der Waals surface area (Å²) in [5.41, 5.74) is -0.153. The second kappa shape index (κ2) is 8.71. The minimum atomic E-state index is -0.908. The van der Waals surface area contributed by atoms with Crippen LogP contribution >= 0.6 is 0 Å². The van der Waals surface area contributed by atoms with Crippen molar-refractivity contribution >= 4 is 17.4 Å². The summed E-state index contributed by atoms with van der Waals surface area (Å²) in [7, 11) is 5.20. The topological polar surface area (TPSA) is 83.2 Å². The molecule has 0 spiro atoms. The quantitative estimate of drug-likeness (QED) is 0.424. The van der Waals surface area contributed by atoms with Gasteiger partial charge in [0.25, 0.3) is 11.7 Å². The van der Waals surface area contributed by atoms with E-state index in [1.165, 1.54) is 24.1 Å². The number of methoxy groups -OCH3 is 1. The van der Waals surface area contributed by atoms with Gasteiger partial charge in [-0.2, -0.15) is 0 Å². The fraction of sp³-hybridized carbons (Fsp3) is 0.364. The third-order valence-electron chi connectivity index (χ3n) is 4.99. The second-order valence-electron chi connectivity index (χ2n) is 7.44. The molecule has 1 unspecified atom stereocenters. The van der Waals surface area contributed by atoms with Crippen molar-refractivity contribution in [2.24, 2.45) is 0 Å². The normalized spacial score (nSPS) is 18.5. The first-order valence-electron chi connectivity index (χ1n) is 9.58. The Labute approximate surface area is 174 Å². The highest BCUT2D eigenvalue weighted by Crippen LogP contribution is 2.41. The Balaban J connectivity index is 2.13. The average molecular weight is 416 g/mol. The summed E-state index contributed by atoms with van der Waals surface area (Å²) in [4.78, 5) is 29.1. The number of aliphatic hydroxyl groups excluding tert-OH is 1. The van der Waals surface area contributed by atoms with Crippen molar-refractivity contribution < 1.29 is 28.2 Å². The number of rotatable bonds is 7. The Morgan fingerprint density at radius 3 is 2.60 bits per heavy atom. The molecule has 1 amide bonds. The summed E-state index contributed by atoms with van der Waals surface area (Å²) < 4.78 is 24.8. The van der Waals surface area contributed by atoms with Gasteiger partial charge in [-0.15, -0.1) is 0 Å². The molecule has 1 aliphatic heterocycles. The first-order chi connectivity index (χ1) is 14.2. The SMILES string of the molecule is COc1ccc(F)cc1/C(O)=C1\C(=O)C(=O)N(CCCN(C)C)C1c1ccc(C)o1. The van der Waals surface area contributed by atoms with Gasteiger partial charge in [-0.05, 0) is 64.3 Å². The van der Waals surface area contributed by atoms with Crippen LogP contribution in [0.2, 0.25) is 0 Å². The number of amides is 1. The van der Waals surface area contributed by atoms with Gasteiger partial charge >= 0.3 is 0 Å². The van der Waals surface area contributed by atoms with Crippen LogP contribution < -0.4 is 4.74 Å². The summed E-state index contributed by atoms with van der Waals surface area (Å²) in [6.45, 7) is 2.76. The molecular formula is C22H25FN2O5. The molecule has 1 N–H and O–H groups in total. The summed E-state index contributed by atoms with van der Waals surface area (Å²) in [5, 5.41) is 11.0. The summed E-state index contributed by atoms with van der Waals surface area (Å²) >= 11 is 0. The third kappa shape index (κ3) is 4.09. The van der Waals surface area contributed by atoms with Gasteiger partial charge < -0.3 is 24.1 Å². The van der Waals surface area contributed by atoms with Crippen molar-refractivity contribution in [2.45, 2.75) is 19.4 Å². The molecule has 1 fully saturated rings. The summed E-state index contributed by atoms with van der Waals surface area (Å²) in [5.74, 6) is -1.54. The lowest BCUT2D eigenvalue weighted by molar-refractivity contribution is -0.140. The van der Waals surface area contributed by atoms with Crippen LogP contribution in [0.1, 0.15) is 29.5 Å². The largest absolute Gasteiger partial charge is 0.507 e. The number of benzene rings is 1. The fourth-order valence-electron chi connectivity index (χ4n) is 3.57. The molecule has 30 heavy (non-hydrogen) atoms. The van der Waals surface area contributed by atoms with Crippen molar-refractivity contribution in [3.63, 3.8) is 0 Å². The van der Waals surface area contributed by atoms with Gasteiger partial charge in [0, 0.05) is 6.54 Å². The van der Waals surface area contributed by atoms with Gasteiger partial charge in [-0.1, -0.05) is 0 Å². The molecule has 2 heterocycles. The zero-order valence-corrected chi connectivity index (χ0v) is 17.4. The molecule has 8 heteroatoms. The van der Waals surface area contributed by atoms with Crippen molar-refractivity contribution in [1.82, 2.24) is 9.80 Å². The Bertz CT molecular complexity index is 995. The lowest BCUT2D eigenvalue weighted by Crippen LogP contribution is -2.32. The van der Waals surface area contributed by atoms with E-state index in [0.717, 1.165) is 6.07 Å².